The van der Waals surface area contributed by atoms with Gasteiger partial charge in [-0.05, 0) is 36.2 Å². The Morgan fingerprint density at radius 1 is 1.03 bits per heavy atom. The molecule has 1 heterocycles. The molecule has 156 valence electrons. The molecular weight excluding hydrogens is 364 g/mol. The first-order valence-electron chi connectivity index (χ1n) is 10.3. The number of amides is 2. The van der Waals surface area contributed by atoms with Gasteiger partial charge in [-0.2, -0.15) is 0 Å². The lowest BCUT2D eigenvalue weighted by Gasteiger charge is -2.28. The zero-order valence-corrected chi connectivity index (χ0v) is 17.5. The standard InChI is InChI=1S/C23H32N4O2/c1-25(2)22-11-9-20(10-12-22)19-27(14-6-13-26-15-17-29-18-16-26)23(28)24-21-7-4-3-5-8-21/h3-5,7-12H,6,13-19H2,1-2H3,(H,24,28). The summed E-state index contributed by atoms with van der Waals surface area (Å²) >= 11 is 0. The number of morpholine rings is 1. The highest BCUT2D eigenvalue weighted by Crippen LogP contribution is 2.15. The molecule has 0 spiro atoms. The third kappa shape index (κ3) is 6.76. The lowest BCUT2D eigenvalue weighted by Crippen LogP contribution is -2.40. The van der Waals surface area contributed by atoms with Crippen LogP contribution < -0.4 is 10.2 Å². The van der Waals surface area contributed by atoms with Gasteiger partial charge in [0.05, 0.1) is 13.2 Å². The van der Waals surface area contributed by atoms with Gasteiger partial charge in [-0.25, -0.2) is 4.79 Å². The van der Waals surface area contributed by atoms with Crippen LogP contribution in [0.3, 0.4) is 0 Å². The fourth-order valence-corrected chi connectivity index (χ4v) is 3.41. The zero-order valence-electron chi connectivity index (χ0n) is 17.5. The van der Waals surface area contributed by atoms with Crippen molar-refractivity contribution in [2.75, 3.05) is 63.7 Å². The van der Waals surface area contributed by atoms with E-state index in [1.807, 2.05) is 49.3 Å². The van der Waals surface area contributed by atoms with Crippen LogP contribution in [0, 0.1) is 0 Å². The second kappa shape index (κ2) is 10.8. The molecule has 3 rings (SSSR count). The summed E-state index contributed by atoms with van der Waals surface area (Å²) in [6, 6.07) is 18.0. The van der Waals surface area contributed by atoms with Crippen molar-refractivity contribution < 1.29 is 9.53 Å². The summed E-state index contributed by atoms with van der Waals surface area (Å²) in [5.41, 5.74) is 3.10. The molecule has 0 bridgehead atoms. The first-order chi connectivity index (χ1) is 14.1. The molecule has 0 aliphatic carbocycles. The number of nitrogens with zero attached hydrogens (tertiary/aromatic N) is 3. The highest BCUT2D eigenvalue weighted by atomic mass is 16.5. The van der Waals surface area contributed by atoms with Gasteiger partial charge in [-0.3, -0.25) is 4.90 Å². The van der Waals surface area contributed by atoms with Crippen molar-refractivity contribution in [2.45, 2.75) is 13.0 Å². The van der Waals surface area contributed by atoms with Crippen LogP contribution in [-0.2, 0) is 11.3 Å². The molecule has 1 N–H and O–H groups in total. The number of nitrogens with one attached hydrogen (secondary N) is 1. The van der Waals surface area contributed by atoms with Gasteiger partial charge in [0.25, 0.3) is 0 Å². The Bertz CT molecular complexity index is 743. The molecule has 6 heteroatoms. The molecule has 2 aromatic carbocycles. The number of rotatable bonds is 8. The number of urea groups is 1. The number of para-hydroxylation sites is 1. The number of hydrogen-bond acceptors (Lipinski definition) is 4. The van der Waals surface area contributed by atoms with Crippen molar-refractivity contribution in [3.63, 3.8) is 0 Å². The van der Waals surface area contributed by atoms with Crippen molar-refractivity contribution in [2.24, 2.45) is 0 Å². The third-order valence-corrected chi connectivity index (χ3v) is 5.14. The second-order valence-electron chi connectivity index (χ2n) is 7.59. The first kappa shape index (κ1) is 21.1. The smallest absolute Gasteiger partial charge is 0.322 e. The molecule has 1 aliphatic rings. The molecule has 2 amide bonds. The number of carbonyl (C=O) groups excluding carboxylic acids is 1. The molecule has 0 unspecified atom stereocenters. The van der Waals surface area contributed by atoms with E-state index in [2.05, 4.69) is 39.4 Å². The maximum atomic E-state index is 12.9. The van der Waals surface area contributed by atoms with Crippen molar-refractivity contribution in [3.05, 3.63) is 60.2 Å². The lowest BCUT2D eigenvalue weighted by molar-refractivity contribution is 0.0365. The summed E-state index contributed by atoms with van der Waals surface area (Å²) in [5, 5.41) is 3.03. The molecule has 0 atom stereocenters. The van der Waals surface area contributed by atoms with E-state index in [0.717, 1.165) is 56.2 Å². The van der Waals surface area contributed by atoms with E-state index in [1.165, 1.54) is 0 Å². The van der Waals surface area contributed by atoms with Crippen LogP contribution in [0.1, 0.15) is 12.0 Å². The highest BCUT2D eigenvalue weighted by Gasteiger charge is 2.16. The Hall–Kier alpha value is -2.57. The van der Waals surface area contributed by atoms with E-state index < -0.39 is 0 Å². The third-order valence-electron chi connectivity index (χ3n) is 5.14. The van der Waals surface area contributed by atoms with Crippen molar-refractivity contribution >= 4 is 17.4 Å². The van der Waals surface area contributed by atoms with E-state index in [9.17, 15) is 4.79 Å². The van der Waals surface area contributed by atoms with E-state index >= 15 is 0 Å². The zero-order chi connectivity index (χ0) is 20.5. The van der Waals surface area contributed by atoms with Gasteiger partial charge < -0.3 is 19.9 Å². The number of benzene rings is 2. The highest BCUT2D eigenvalue weighted by molar-refractivity contribution is 5.89. The fourth-order valence-electron chi connectivity index (χ4n) is 3.41. The molecule has 2 aromatic rings. The van der Waals surface area contributed by atoms with Crippen LogP contribution in [0.4, 0.5) is 16.2 Å². The summed E-state index contributed by atoms with van der Waals surface area (Å²) in [6.45, 7) is 5.84. The van der Waals surface area contributed by atoms with Crippen molar-refractivity contribution in [1.29, 1.82) is 0 Å². The fraction of sp³-hybridized carbons (Fsp3) is 0.435. The maximum Gasteiger partial charge on any atom is 0.322 e. The van der Waals surface area contributed by atoms with Crippen LogP contribution in [0.15, 0.2) is 54.6 Å². The lowest BCUT2D eigenvalue weighted by atomic mass is 10.2. The van der Waals surface area contributed by atoms with Crippen molar-refractivity contribution in [1.82, 2.24) is 9.80 Å². The maximum absolute atomic E-state index is 12.9. The largest absolute Gasteiger partial charge is 0.379 e. The van der Waals surface area contributed by atoms with Gasteiger partial charge in [0, 0.05) is 58.2 Å². The Balaban J connectivity index is 1.61. The van der Waals surface area contributed by atoms with Gasteiger partial charge >= 0.3 is 6.03 Å². The molecule has 1 aliphatic heterocycles. The van der Waals surface area contributed by atoms with Gasteiger partial charge in [0.15, 0.2) is 0 Å². The van der Waals surface area contributed by atoms with E-state index in [-0.39, 0.29) is 6.03 Å². The minimum atomic E-state index is -0.0603. The number of anilines is 2. The van der Waals surface area contributed by atoms with Crippen LogP contribution >= 0.6 is 0 Å². The van der Waals surface area contributed by atoms with Gasteiger partial charge in [-0.1, -0.05) is 30.3 Å². The Labute approximate surface area is 174 Å². The number of carbonyl (C=O) groups is 1. The molecule has 0 aromatic heterocycles. The van der Waals surface area contributed by atoms with E-state index in [1.54, 1.807) is 0 Å². The van der Waals surface area contributed by atoms with E-state index in [4.69, 9.17) is 4.74 Å². The Morgan fingerprint density at radius 3 is 2.38 bits per heavy atom. The monoisotopic (exact) mass is 396 g/mol. The summed E-state index contributed by atoms with van der Waals surface area (Å²) in [5.74, 6) is 0. The van der Waals surface area contributed by atoms with Crippen LogP contribution in [0.5, 0.6) is 0 Å². The summed E-state index contributed by atoms with van der Waals surface area (Å²) < 4.78 is 5.42. The molecule has 29 heavy (non-hydrogen) atoms. The molecule has 0 saturated carbocycles. The normalized spacial score (nSPS) is 14.4. The predicted octanol–water partition coefficient (Wildman–Crippen LogP) is 3.51. The minimum Gasteiger partial charge on any atom is -0.379 e. The Kier molecular flexibility index (Phi) is 7.90. The molecule has 1 saturated heterocycles. The summed E-state index contributed by atoms with van der Waals surface area (Å²) in [7, 11) is 4.06. The molecule has 1 fully saturated rings. The first-order valence-corrected chi connectivity index (χ1v) is 10.3. The average molecular weight is 397 g/mol. The van der Waals surface area contributed by atoms with Crippen molar-refractivity contribution in [3.8, 4) is 0 Å². The van der Waals surface area contributed by atoms with E-state index in [0.29, 0.717) is 13.1 Å². The SMILES string of the molecule is CN(C)c1ccc(CN(CCCN2CCOCC2)C(=O)Nc2ccccc2)cc1. The minimum absolute atomic E-state index is 0.0603. The van der Waals surface area contributed by atoms with Crippen LogP contribution in [-0.4, -0.2) is 69.3 Å². The van der Waals surface area contributed by atoms with Crippen LogP contribution in [0.25, 0.3) is 0 Å². The van der Waals surface area contributed by atoms with Gasteiger partial charge in [0.1, 0.15) is 0 Å². The second-order valence-corrected chi connectivity index (χ2v) is 7.59. The molecule has 6 nitrogen and oxygen atoms in total. The number of ether oxygens (including phenoxy) is 1. The number of hydrogen-bond donors (Lipinski definition) is 1. The predicted molar refractivity (Wildman–Crippen MR) is 119 cm³/mol. The topological polar surface area (TPSA) is 48.1 Å². The van der Waals surface area contributed by atoms with Gasteiger partial charge in [-0.15, -0.1) is 0 Å². The summed E-state index contributed by atoms with van der Waals surface area (Å²) in [4.78, 5) is 19.3. The van der Waals surface area contributed by atoms with Gasteiger partial charge in [0.2, 0.25) is 0 Å². The average Bonchev–Trinajstić information content (AvgIpc) is 2.75. The quantitative estimate of drug-likeness (QED) is 0.742. The molecule has 0 radical (unpaired) electrons. The van der Waals surface area contributed by atoms with Crippen LogP contribution in [0.2, 0.25) is 0 Å². The molecular formula is C23H32N4O2. The Morgan fingerprint density at radius 2 is 1.72 bits per heavy atom. The summed E-state index contributed by atoms with van der Waals surface area (Å²) in [6.07, 6.45) is 0.942.